The molecular formula is C11H11BrO3. The second-order valence-electron chi connectivity index (χ2n) is 3.24. The highest BCUT2D eigenvalue weighted by Gasteiger charge is 2.09. The summed E-state index contributed by atoms with van der Waals surface area (Å²) in [4.78, 5) is 22.0. The molecule has 0 fully saturated rings. The fraction of sp³-hybridized carbons (Fsp3) is 0.273. The lowest BCUT2D eigenvalue weighted by molar-refractivity contribution is -0.120. The first-order valence-corrected chi connectivity index (χ1v) is 5.22. The molecule has 1 rings (SSSR count). The smallest absolute Gasteiger partial charge is 0.338 e. The maximum Gasteiger partial charge on any atom is 0.338 e. The summed E-state index contributed by atoms with van der Waals surface area (Å²) in [5.74, 6) is -0.652. The van der Waals surface area contributed by atoms with Gasteiger partial charge in [0.2, 0.25) is 0 Å². The minimum absolute atomic E-state index is 0.172. The number of hydrogen-bond acceptors (Lipinski definition) is 3. The molecule has 0 saturated carbocycles. The monoisotopic (exact) mass is 270 g/mol. The highest BCUT2D eigenvalue weighted by atomic mass is 79.9. The van der Waals surface area contributed by atoms with E-state index in [-0.39, 0.29) is 12.4 Å². The van der Waals surface area contributed by atoms with Crippen LogP contribution in [0.4, 0.5) is 0 Å². The van der Waals surface area contributed by atoms with Gasteiger partial charge in [0.15, 0.2) is 5.78 Å². The van der Waals surface area contributed by atoms with Crippen LogP contribution in [0.5, 0.6) is 0 Å². The summed E-state index contributed by atoms with van der Waals surface area (Å²) in [7, 11) is 0. The van der Waals surface area contributed by atoms with Gasteiger partial charge in [-0.2, -0.15) is 0 Å². The number of ether oxygens (including phenoxy) is 1. The number of aryl methyl sites for hydroxylation is 1. The number of ketones is 1. The molecule has 0 aliphatic rings. The van der Waals surface area contributed by atoms with Gasteiger partial charge in [0.1, 0.15) is 6.61 Å². The Hall–Kier alpha value is -1.16. The molecule has 0 unspecified atom stereocenters. The van der Waals surface area contributed by atoms with Crippen LogP contribution in [0.15, 0.2) is 22.7 Å². The minimum atomic E-state index is -0.481. The molecule has 0 radical (unpaired) electrons. The van der Waals surface area contributed by atoms with E-state index in [9.17, 15) is 9.59 Å². The zero-order chi connectivity index (χ0) is 11.4. The van der Waals surface area contributed by atoms with E-state index >= 15 is 0 Å². The number of carbonyl (C=O) groups is 2. The van der Waals surface area contributed by atoms with Crippen LogP contribution in [0.2, 0.25) is 0 Å². The Morgan fingerprint density at radius 2 is 2.07 bits per heavy atom. The zero-order valence-electron chi connectivity index (χ0n) is 8.54. The van der Waals surface area contributed by atoms with E-state index in [1.54, 1.807) is 12.1 Å². The lowest BCUT2D eigenvalue weighted by atomic mass is 10.1. The summed E-state index contributed by atoms with van der Waals surface area (Å²) in [6.07, 6.45) is 0. The Bertz CT molecular complexity index is 399. The van der Waals surface area contributed by atoms with Crippen LogP contribution in [0.1, 0.15) is 22.8 Å². The number of benzene rings is 1. The Morgan fingerprint density at radius 3 is 2.60 bits per heavy atom. The van der Waals surface area contributed by atoms with Crippen molar-refractivity contribution in [2.24, 2.45) is 0 Å². The van der Waals surface area contributed by atoms with Gasteiger partial charge in [-0.1, -0.05) is 22.0 Å². The van der Waals surface area contributed by atoms with Crippen LogP contribution in [0, 0.1) is 6.92 Å². The SMILES string of the molecule is CC(=O)COC(=O)c1ccc(C)c(Br)c1. The van der Waals surface area contributed by atoms with Gasteiger partial charge >= 0.3 is 5.97 Å². The molecule has 0 bridgehead atoms. The predicted octanol–water partition coefficient (Wildman–Crippen LogP) is 2.50. The van der Waals surface area contributed by atoms with Gasteiger partial charge in [-0.25, -0.2) is 4.79 Å². The van der Waals surface area contributed by atoms with Crippen molar-refractivity contribution >= 4 is 27.7 Å². The van der Waals surface area contributed by atoms with Crippen molar-refractivity contribution < 1.29 is 14.3 Å². The van der Waals surface area contributed by atoms with Crippen LogP contribution in [-0.2, 0) is 9.53 Å². The summed E-state index contributed by atoms with van der Waals surface area (Å²) in [5, 5.41) is 0. The van der Waals surface area contributed by atoms with Gasteiger partial charge in [0.05, 0.1) is 5.56 Å². The van der Waals surface area contributed by atoms with Crippen molar-refractivity contribution in [2.45, 2.75) is 13.8 Å². The van der Waals surface area contributed by atoms with E-state index < -0.39 is 5.97 Å². The van der Waals surface area contributed by atoms with Crippen LogP contribution >= 0.6 is 15.9 Å². The van der Waals surface area contributed by atoms with E-state index in [0.29, 0.717) is 5.56 Å². The average molecular weight is 271 g/mol. The van der Waals surface area contributed by atoms with E-state index in [2.05, 4.69) is 15.9 Å². The van der Waals surface area contributed by atoms with Crippen LogP contribution in [0.25, 0.3) is 0 Å². The van der Waals surface area contributed by atoms with Crippen LogP contribution in [0.3, 0.4) is 0 Å². The molecule has 0 heterocycles. The van der Waals surface area contributed by atoms with Crippen molar-refractivity contribution in [3.05, 3.63) is 33.8 Å². The molecule has 0 spiro atoms. The molecule has 4 heteroatoms. The molecule has 80 valence electrons. The molecule has 3 nitrogen and oxygen atoms in total. The maximum absolute atomic E-state index is 11.4. The highest BCUT2D eigenvalue weighted by Crippen LogP contribution is 2.17. The molecular weight excluding hydrogens is 260 g/mol. The van der Waals surface area contributed by atoms with Crippen LogP contribution < -0.4 is 0 Å². The van der Waals surface area contributed by atoms with Gasteiger partial charge in [0, 0.05) is 4.47 Å². The Morgan fingerprint density at radius 1 is 1.40 bits per heavy atom. The third-order valence-corrected chi connectivity index (χ3v) is 2.67. The highest BCUT2D eigenvalue weighted by molar-refractivity contribution is 9.10. The predicted molar refractivity (Wildman–Crippen MR) is 59.8 cm³/mol. The Kier molecular flexibility index (Phi) is 4.03. The van der Waals surface area contributed by atoms with Gasteiger partial charge in [-0.15, -0.1) is 0 Å². The number of esters is 1. The Labute approximate surface area is 96.6 Å². The van der Waals surface area contributed by atoms with Crippen molar-refractivity contribution in [3.8, 4) is 0 Å². The first kappa shape index (κ1) is 11.9. The largest absolute Gasteiger partial charge is 0.454 e. The quantitative estimate of drug-likeness (QED) is 0.793. The lowest BCUT2D eigenvalue weighted by Gasteiger charge is -2.04. The van der Waals surface area contributed by atoms with Gasteiger partial charge in [-0.3, -0.25) is 4.79 Å². The molecule has 1 aromatic rings. The molecule has 15 heavy (non-hydrogen) atoms. The average Bonchev–Trinajstić information content (AvgIpc) is 2.18. The van der Waals surface area contributed by atoms with E-state index in [1.807, 2.05) is 13.0 Å². The fourth-order valence-electron chi connectivity index (χ4n) is 0.970. The topological polar surface area (TPSA) is 43.4 Å². The lowest BCUT2D eigenvalue weighted by Crippen LogP contribution is -2.11. The molecule has 0 amide bonds. The van der Waals surface area contributed by atoms with Gasteiger partial charge in [-0.05, 0) is 31.5 Å². The summed E-state index contributed by atoms with van der Waals surface area (Å²) in [6, 6.07) is 5.16. The number of hydrogen-bond donors (Lipinski definition) is 0. The zero-order valence-corrected chi connectivity index (χ0v) is 10.1. The summed E-state index contributed by atoms with van der Waals surface area (Å²) < 4.78 is 5.62. The standard InChI is InChI=1S/C11H11BrO3/c1-7-3-4-9(5-10(7)12)11(14)15-6-8(2)13/h3-5H,6H2,1-2H3. The first-order valence-electron chi connectivity index (χ1n) is 4.43. The second kappa shape index (κ2) is 5.07. The summed E-state index contributed by atoms with van der Waals surface area (Å²) in [6.45, 7) is 3.12. The molecule has 0 aromatic heterocycles. The molecule has 0 aliphatic carbocycles. The Balaban J connectivity index is 2.74. The van der Waals surface area contributed by atoms with Gasteiger partial charge in [0.25, 0.3) is 0 Å². The third-order valence-electron chi connectivity index (χ3n) is 1.81. The summed E-state index contributed by atoms with van der Waals surface area (Å²) >= 11 is 3.32. The minimum Gasteiger partial charge on any atom is -0.454 e. The van der Waals surface area contributed by atoms with Gasteiger partial charge < -0.3 is 4.74 Å². The van der Waals surface area contributed by atoms with Crippen molar-refractivity contribution in [1.82, 2.24) is 0 Å². The number of carbonyl (C=O) groups excluding carboxylic acids is 2. The molecule has 0 atom stereocenters. The van der Waals surface area contributed by atoms with Crippen molar-refractivity contribution in [1.29, 1.82) is 0 Å². The second-order valence-corrected chi connectivity index (χ2v) is 4.10. The van der Waals surface area contributed by atoms with E-state index in [4.69, 9.17) is 4.74 Å². The third kappa shape index (κ3) is 3.47. The maximum atomic E-state index is 11.4. The molecule has 0 aliphatic heterocycles. The number of rotatable bonds is 3. The van der Waals surface area contributed by atoms with Crippen molar-refractivity contribution in [3.63, 3.8) is 0 Å². The normalized spacial score (nSPS) is 9.80. The number of halogens is 1. The molecule has 0 N–H and O–H groups in total. The van der Waals surface area contributed by atoms with E-state index in [1.165, 1.54) is 6.92 Å². The molecule has 0 saturated heterocycles. The van der Waals surface area contributed by atoms with Crippen molar-refractivity contribution in [2.75, 3.05) is 6.61 Å². The molecule has 1 aromatic carbocycles. The fourth-order valence-corrected chi connectivity index (χ4v) is 1.35. The van der Waals surface area contributed by atoms with Crippen LogP contribution in [-0.4, -0.2) is 18.4 Å². The number of Topliss-reactive ketones (excluding diaryl/α,β-unsaturated/α-hetero) is 1. The first-order chi connectivity index (χ1) is 7.00. The van der Waals surface area contributed by atoms with E-state index in [0.717, 1.165) is 10.0 Å². The summed E-state index contributed by atoms with van der Waals surface area (Å²) in [5.41, 5.74) is 1.48.